The van der Waals surface area contributed by atoms with Crippen molar-refractivity contribution in [3.8, 4) is 0 Å². The molecule has 2 amide bonds. The Labute approximate surface area is 143 Å². The smallest absolute Gasteiger partial charge is 0.317 e. The minimum Gasteiger partial charge on any atom is -0.388 e. The lowest BCUT2D eigenvalue weighted by atomic mass is 9.87. The number of nitrogens with one attached hydrogen (secondary N) is 1. The minimum atomic E-state index is -0.592. The third-order valence-electron chi connectivity index (χ3n) is 5.81. The first-order valence-electron chi connectivity index (χ1n) is 8.99. The number of carbonyl (C=O) groups is 1. The molecule has 0 aromatic heterocycles. The average Bonchev–Trinajstić information content (AvgIpc) is 3.40. The van der Waals surface area contributed by atoms with Crippen molar-refractivity contribution < 1.29 is 14.3 Å². The van der Waals surface area contributed by atoms with E-state index >= 15 is 0 Å². The van der Waals surface area contributed by atoms with E-state index in [0.717, 1.165) is 31.4 Å². The van der Waals surface area contributed by atoms with E-state index in [1.165, 1.54) is 25.0 Å². The normalized spacial score (nSPS) is 21.4. The number of aliphatic hydroxyl groups is 1. The first-order chi connectivity index (χ1) is 11.5. The molecule has 1 saturated heterocycles. The summed E-state index contributed by atoms with van der Waals surface area (Å²) < 4.78 is 13.0. The lowest BCUT2D eigenvalue weighted by Crippen LogP contribution is -2.46. The number of nitrogens with zero attached hydrogens (tertiary/aromatic N) is 1. The van der Waals surface area contributed by atoms with E-state index in [4.69, 9.17) is 0 Å². The van der Waals surface area contributed by atoms with Crippen LogP contribution < -0.4 is 5.32 Å². The summed E-state index contributed by atoms with van der Waals surface area (Å²) in [6, 6.07) is 6.05. The van der Waals surface area contributed by atoms with E-state index in [-0.39, 0.29) is 17.8 Å². The maximum absolute atomic E-state index is 13.0. The fraction of sp³-hybridized carbons (Fsp3) is 0.632. The zero-order chi connectivity index (χ0) is 17.2. The highest BCUT2D eigenvalue weighted by Gasteiger charge is 2.41. The van der Waals surface area contributed by atoms with Gasteiger partial charge in [0.25, 0.3) is 0 Å². The highest BCUT2D eigenvalue weighted by Crippen LogP contribution is 2.47. The third kappa shape index (κ3) is 3.89. The van der Waals surface area contributed by atoms with Gasteiger partial charge in [-0.2, -0.15) is 0 Å². The van der Waals surface area contributed by atoms with Crippen molar-refractivity contribution >= 4 is 6.03 Å². The van der Waals surface area contributed by atoms with Crippen LogP contribution in [-0.2, 0) is 0 Å². The molecule has 1 heterocycles. The van der Waals surface area contributed by atoms with Crippen molar-refractivity contribution in [2.45, 2.75) is 45.1 Å². The fourth-order valence-corrected chi connectivity index (χ4v) is 3.56. The number of urea groups is 1. The number of halogens is 1. The molecular formula is C19H27FN2O2. The summed E-state index contributed by atoms with van der Waals surface area (Å²) in [7, 11) is 0. The lowest BCUT2D eigenvalue weighted by Gasteiger charge is -2.34. The third-order valence-corrected chi connectivity index (χ3v) is 5.81. The second-order valence-electron chi connectivity index (χ2n) is 7.33. The van der Waals surface area contributed by atoms with Crippen LogP contribution in [0.1, 0.15) is 50.7 Å². The van der Waals surface area contributed by atoms with Crippen LogP contribution in [0.25, 0.3) is 0 Å². The molecule has 1 aliphatic heterocycles. The summed E-state index contributed by atoms with van der Waals surface area (Å²) in [5, 5.41) is 13.5. The molecule has 1 unspecified atom stereocenters. The summed E-state index contributed by atoms with van der Waals surface area (Å²) >= 11 is 0. The van der Waals surface area contributed by atoms with Gasteiger partial charge in [0.05, 0.1) is 6.10 Å². The standard InChI is InChI=1S/C19H27FN2O2/c1-2-19(9-10-19)13-21-18(24)22-11-7-15(8-12-22)17(23)14-3-5-16(20)6-4-14/h3-6,15,17,23H,2,7-13H2,1H3,(H,21,24). The predicted molar refractivity (Wildman–Crippen MR) is 91.0 cm³/mol. The zero-order valence-electron chi connectivity index (χ0n) is 14.3. The van der Waals surface area contributed by atoms with E-state index in [0.29, 0.717) is 18.5 Å². The number of rotatable bonds is 5. The molecule has 0 radical (unpaired) electrons. The fourth-order valence-electron chi connectivity index (χ4n) is 3.56. The molecule has 1 saturated carbocycles. The van der Waals surface area contributed by atoms with Gasteiger partial charge in [0.2, 0.25) is 0 Å². The Morgan fingerprint density at radius 2 is 1.96 bits per heavy atom. The maximum Gasteiger partial charge on any atom is 0.317 e. The predicted octanol–water partition coefficient (Wildman–Crippen LogP) is 3.47. The topological polar surface area (TPSA) is 52.6 Å². The van der Waals surface area contributed by atoms with Crippen molar-refractivity contribution in [3.63, 3.8) is 0 Å². The molecule has 0 bridgehead atoms. The Hall–Kier alpha value is -1.62. The zero-order valence-corrected chi connectivity index (χ0v) is 14.3. The molecule has 5 heteroatoms. The van der Waals surface area contributed by atoms with Gasteiger partial charge < -0.3 is 15.3 Å². The molecule has 2 aliphatic rings. The van der Waals surface area contributed by atoms with Crippen LogP contribution >= 0.6 is 0 Å². The summed E-state index contributed by atoms with van der Waals surface area (Å²) in [6.07, 6.45) is 4.51. The number of likely N-dealkylation sites (tertiary alicyclic amines) is 1. The van der Waals surface area contributed by atoms with Crippen LogP contribution in [0.3, 0.4) is 0 Å². The molecule has 2 N–H and O–H groups in total. The van der Waals surface area contributed by atoms with Gasteiger partial charge in [0.1, 0.15) is 5.82 Å². The summed E-state index contributed by atoms with van der Waals surface area (Å²) in [5.74, 6) is -0.178. The Morgan fingerprint density at radius 1 is 1.33 bits per heavy atom. The van der Waals surface area contributed by atoms with E-state index in [2.05, 4.69) is 12.2 Å². The average molecular weight is 334 g/mol. The maximum atomic E-state index is 13.0. The number of amides is 2. The molecule has 0 spiro atoms. The highest BCUT2D eigenvalue weighted by atomic mass is 19.1. The number of carbonyl (C=O) groups excluding carboxylic acids is 1. The van der Waals surface area contributed by atoms with Crippen LogP contribution in [0, 0.1) is 17.2 Å². The molecule has 1 atom stereocenters. The van der Waals surface area contributed by atoms with Crippen molar-refractivity contribution in [3.05, 3.63) is 35.6 Å². The van der Waals surface area contributed by atoms with Gasteiger partial charge in [-0.05, 0) is 61.1 Å². The van der Waals surface area contributed by atoms with Crippen molar-refractivity contribution in [2.75, 3.05) is 19.6 Å². The molecular weight excluding hydrogens is 307 g/mol. The van der Waals surface area contributed by atoms with Crippen LogP contribution in [-0.4, -0.2) is 35.7 Å². The van der Waals surface area contributed by atoms with E-state index in [1.807, 2.05) is 4.90 Å². The Morgan fingerprint density at radius 3 is 2.50 bits per heavy atom. The van der Waals surface area contributed by atoms with E-state index in [1.54, 1.807) is 12.1 Å². The largest absolute Gasteiger partial charge is 0.388 e. The SMILES string of the molecule is CCC1(CNC(=O)N2CCC(C(O)c3ccc(F)cc3)CC2)CC1. The molecule has 3 rings (SSSR count). The van der Waals surface area contributed by atoms with Crippen LogP contribution in [0.4, 0.5) is 9.18 Å². The van der Waals surface area contributed by atoms with Gasteiger partial charge in [0, 0.05) is 19.6 Å². The first-order valence-corrected chi connectivity index (χ1v) is 8.99. The minimum absolute atomic E-state index is 0.0180. The number of aliphatic hydroxyl groups excluding tert-OH is 1. The summed E-state index contributed by atoms with van der Waals surface area (Å²) in [5.41, 5.74) is 1.10. The van der Waals surface area contributed by atoms with Gasteiger partial charge in [-0.25, -0.2) is 9.18 Å². The van der Waals surface area contributed by atoms with Crippen molar-refractivity contribution in [1.82, 2.24) is 10.2 Å². The van der Waals surface area contributed by atoms with Gasteiger partial charge in [-0.15, -0.1) is 0 Å². The quantitative estimate of drug-likeness (QED) is 0.866. The van der Waals surface area contributed by atoms with Gasteiger partial charge in [-0.3, -0.25) is 0 Å². The first kappa shape index (κ1) is 17.2. The van der Waals surface area contributed by atoms with Crippen LogP contribution in [0.15, 0.2) is 24.3 Å². The number of benzene rings is 1. The molecule has 2 fully saturated rings. The highest BCUT2D eigenvalue weighted by molar-refractivity contribution is 5.74. The molecule has 132 valence electrons. The second kappa shape index (κ2) is 7.09. The van der Waals surface area contributed by atoms with Crippen molar-refractivity contribution in [1.29, 1.82) is 0 Å². The van der Waals surface area contributed by atoms with Gasteiger partial charge in [-0.1, -0.05) is 19.1 Å². The Kier molecular flexibility index (Phi) is 5.09. The molecule has 1 aliphatic carbocycles. The van der Waals surface area contributed by atoms with Gasteiger partial charge >= 0.3 is 6.03 Å². The van der Waals surface area contributed by atoms with Crippen LogP contribution in [0.2, 0.25) is 0 Å². The van der Waals surface area contributed by atoms with E-state index in [9.17, 15) is 14.3 Å². The van der Waals surface area contributed by atoms with Crippen LogP contribution in [0.5, 0.6) is 0 Å². The van der Waals surface area contributed by atoms with Gasteiger partial charge in [0.15, 0.2) is 0 Å². The summed E-state index contributed by atoms with van der Waals surface area (Å²) in [6.45, 7) is 4.28. The molecule has 24 heavy (non-hydrogen) atoms. The molecule has 1 aromatic rings. The van der Waals surface area contributed by atoms with E-state index < -0.39 is 6.10 Å². The number of hydrogen-bond acceptors (Lipinski definition) is 2. The summed E-state index contributed by atoms with van der Waals surface area (Å²) in [4.78, 5) is 14.1. The lowest BCUT2D eigenvalue weighted by molar-refractivity contribution is 0.0663. The molecule has 1 aromatic carbocycles. The monoisotopic (exact) mass is 334 g/mol. The Balaban J connectivity index is 1.46. The number of hydrogen-bond donors (Lipinski definition) is 2. The Bertz CT molecular complexity index is 563. The number of piperidine rings is 1. The second-order valence-corrected chi connectivity index (χ2v) is 7.33. The molecule has 4 nitrogen and oxygen atoms in total. The van der Waals surface area contributed by atoms with Crippen molar-refractivity contribution in [2.24, 2.45) is 11.3 Å².